The normalized spacial score (nSPS) is 11.7. The minimum absolute atomic E-state index is 0.0440. The number of amides is 2. The van der Waals surface area contributed by atoms with Crippen molar-refractivity contribution in [1.29, 1.82) is 0 Å². The van der Waals surface area contributed by atoms with Gasteiger partial charge in [-0.2, -0.15) is 4.31 Å². The van der Waals surface area contributed by atoms with Crippen LogP contribution in [-0.4, -0.2) is 22.9 Å². The molecule has 0 aliphatic rings. The smallest absolute Gasteiger partial charge is 0.333 e. The molecule has 0 aliphatic heterocycles. The van der Waals surface area contributed by atoms with E-state index < -0.39 is 26.1 Å². The number of sulfonamides is 2. The zero-order valence-corrected chi connectivity index (χ0v) is 18.4. The summed E-state index contributed by atoms with van der Waals surface area (Å²) in [5.41, 5.74) is 7.09. The van der Waals surface area contributed by atoms with Gasteiger partial charge in [-0.1, -0.05) is 41.5 Å². The maximum Gasteiger partial charge on any atom is 0.333 e. The molecule has 10 heteroatoms. The second-order valence-electron chi connectivity index (χ2n) is 6.89. The van der Waals surface area contributed by atoms with E-state index in [9.17, 15) is 21.6 Å². The number of urea groups is 1. The third-order valence-corrected chi connectivity index (χ3v) is 7.56. The van der Waals surface area contributed by atoms with Crippen molar-refractivity contribution < 1.29 is 21.6 Å². The van der Waals surface area contributed by atoms with Crippen LogP contribution in [0.1, 0.15) is 11.1 Å². The summed E-state index contributed by atoms with van der Waals surface area (Å²) >= 11 is 0. The lowest BCUT2D eigenvalue weighted by Gasteiger charge is -2.21. The average Bonchev–Trinajstić information content (AvgIpc) is 2.68. The predicted molar refractivity (Wildman–Crippen MR) is 119 cm³/mol. The van der Waals surface area contributed by atoms with E-state index in [4.69, 9.17) is 5.73 Å². The van der Waals surface area contributed by atoms with Crippen molar-refractivity contribution in [3.8, 4) is 0 Å². The van der Waals surface area contributed by atoms with Crippen LogP contribution in [0.3, 0.4) is 0 Å². The minimum Gasteiger partial charge on any atom is -0.350 e. The molecule has 2 amide bonds. The first-order valence-corrected chi connectivity index (χ1v) is 12.0. The number of carbonyl (C=O) groups excluding carboxylic acids is 1. The maximum atomic E-state index is 13.0. The van der Waals surface area contributed by atoms with Gasteiger partial charge in [-0.25, -0.2) is 21.6 Å². The first kappa shape index (κ1) is 22.3. The standard InChI is InChI=1S/C21H21N3O5S2/c1-15-6-10-19(11-7-15)30(26,27)23-17-4-3-5-18(14-17)24(21(22)25)31(28,29)20-12-8-16(2)9-13-20/h3-14,23H,1-2H3,(H2,22,25). The molecule has 0 fully saturated rings. The third-order valence-electron chi connectivity index (χ3n) is 4.42. The van der Waals surface area contributed by atoms with Gasteiger partial charge < -0.3 is 5.73 Å². The molecule has 0 aromatic heterocycles. The van der Waals surface area contributed by atoms with E-state index in [1.807, 2.05) is 6.92 Å². The third kappa shape index (κ3) is 4.86. The van der Waals surface area contributed by atoms with Gasteiger partial charge in [0.25, 0.3) is 20.0 Å². The van der Waals surface area contributed by atoms with E-state index in [-0.39, 0.29) is 21.2 Å². The molecule has 0 unspecified atom stereocenters. The number of carbonyl (C=O) groups is 1. The van der Waals surface area contributed by atoms with Crippen molar-refractivity contribution in [3.63, 3.8) is 0 Å². The Balaban J connectivity index is 1.99. The van der Waals surface area contributed by atoms with Gasteiger partial charge >= 0.3 is 6.03 Å². The van der Waals surface area contributed by atoms with Crippen molar-refractivity contribution in [1.82, 2.24) is 0 Å². The Morgan fingerprint density at radius 3 is 1.84 bits per heavy atom. The highest BCUT2D eigenvalue weighted by molar-refractivity contribution is 7.93. The molecule has 3 aromatic carbocycles. The van der Waals surface area contributed by atoms with E-state index >= 15 is 0 Å². The van der Waals surface area contributed by atoms with Crippen molar-refractivity contribution in [3.05, 3.63) is 83.9 Å². The molecule has 3 N–H and O–H groups in total. The van der Waals surface area contributed by atoms with Crippen LogP contribution in [0, 0.1) is 13.8 Å². The average molecular weight is 460 g/mol. The highest BCUT2D eigenvalue weighted by Gasteiger charge is 2.30. The highest BCUT2D eigenvalue weighted by Crippen LogP contribution is 2.27. The number of rotatable bonds is 6. The van der Waals surface area contributed by atoms with Gasteiger partial charge in [-0.05, 0) is 56.3 Å². The van der Waals surface area contributed by atoms with E-state index in [0.717, 1.165) is 11.1 Å². The van der Waals surface area contributed by atoms with Gasteiger partial charge in [0.2, 0.25) is 0 Å². The van der Waals surface area contributed by atoms with Gasteiger partial charge in [0, 0.05) is 0 Å². The molecule has 0 radical (unpaired) electrons. The van der Waals surface area contributed by atoms with Crippen LogP contribution in [0.25, 0.3) is 0 Å². The monoisotopic (exact) mass is 459 g/mol. The Bertz CT molecular complexity index is 1320. The molecule has 0 aliphatic carbocycles. The second kappa shape index (κ2) is 8.40. The van der Waals surface area contributed by atoms with Gasteiger partial charge in [0.1, 0.15) is 0 Å². The number of hydrogen-bond donors (Lipinski definition) is 2. The quantitative estimate of drug-likeness (QED) is 0.584. The first-order chi connectivity index (χ1) is 14.5. The van der Waals surface area contributed by atoms with E-state index in [1.165, 1.54) is 48.5 Å². The molecule has 0 bridgehead atoms. The van der Waals surface area contributed by atoms with Crippen LogP contribution >= 0.6 is 0 Å². The SMILES string of the molecule is Cc1ccc(S(=O)(=O)Nc2cccc(N(C(N)=O)S(=O)(=O)c3ccc(C)cc3)c2)cc1. The molecule has 162 valence electrons. The zero-order valence-electron chi connectivity index (χ0n) is 16.8. The molecule has 0 spiro atoms. The number of aryl methyl sites for hydroxylation is 2. The fraction of sp³-hybridized carbons (Fsp3) is 0.0952. The number of benzene rings is 3. The maximum absolute atomic E-state index is 13.0. The molecule has 0 atom stereocenters. The summed E-state index contributed by atoms with van der Waals surface area (Å²) in [6, 6.07) is 16.4. The van der Waals surface area contributed by atoms with Crippen LogP contribution in [0.15, 0.2) is 82.6 Å². The number of primary amides is 1. The number of hydrogen-bond acceptors (Lipinski definition) is 5. The Morgan fingerprint density at radius 1 is 0.806 bits per heavy atom. The summed E-state index contributed by atoms with van der Waals surface area (Å²) in [4.78, 5) is 12.0. The lowest BCUT2D eigenvalue weighted by Crippen LogP contribution is -2.40. The van der Waals surface area contributed by atoms with Crippen molar-refractivity contribution in [2.45, 2.75) is 23.6 Å². The van der Waals surface area contributed by atoms with Gasteiger partial charge in [-0.3, -0.25) is 4.72 Å². The Labute approximate surface area is 181 Å². The molecular formula is C21H21N3O5S2. The van der Waals surface area contributed by atoms with Gasteiger partial charge in [0.05, 0.1) is 21.2 Å². The van der Waals surface area contributed by atoms with E-state index in [1.54, 1.807) is 31.2 Å². The van der Waals surface area contributed by atoms with Gasteiger partial charge in [-0.15, -0.1) is 0 Å². The molecule has 3 rings (SSSR count). The minimum atomic E-state index is -4.31. The van der Waals surface area contributed by atoms with Crippen LogP contribution in [0.2, 0.25) is 0 Å². The number of nitrogens with two attached hydrogens (primary N) is 1. The number of anilines is 2. The Kier molecular flexibility index (Phi) is 6.05. The summed E-state index contributed by atoms with van der Waals surface area (Å²) in [5, 5.41) is 0. The largest absolute Gasteiger partial charge is 0.350 e. The molecule has 8 nitrogen and oxygen atoms in total. The highest BCUT2D eigenvalue weighted by atomic mass is 32.2. The van der Waals surface area contributed by atoms with Gasteiger partial charge in [0.15, 0.2) is 0 Å². The molecule has 31 heavy (non-hydrogen) atoms. The summed E-state index contributed by atoms with van der Waals surface area (Å²) in [7, 11) is -8.23. The molecular weight excluding hydrogens is 438 g/mol. The molecule has 0 saturated heterocycles. The van der Waals surface area contributed by atoms with E-state index in [0.29, 0.717) is 4.31 Å². The first-order valence-electron chi connectivity index (χ1n) is 9.12. The number of nitrogens with one attached hydrogen (secondary N) is 1. The predicted octanol–water partition coefficient (Wildman–Crippen LogP) is 3.38. The topological polar surface area (TPSA) is 127 Å². The fourth-order valence-corrected chi connectivity index (χ4v) is 5.20. The van der Waals surface area contributed by atoms with E-state index in [2.05, 4.69) is 4.72 Å². The fourth-order valence-electron chi connectivity index (χ4n) is 2.83. The lowest BCUT2D eigenvalue weighted by molar-refractivity contribution is 0.257. The van der Waals surface area contributed by atoms with Crippen molar-refractivity contribution >= 4 is 37.5 Å². The van der Waals surface area contributed by atoms with Crippen molar-refractivity contribution in [2.75, 3.05) is 9.03 Å². The summed E-state index contributed by atoms with van der Waals surface area (Å²) in [5.74, 6) is 0. The summed E-state index contributed by atoms with van der Waals surface area (Å²) in [6.07, 6.45) is 0. The zero-order chi connectivity index (χ0) is 22.8. The molecule has 3 aromatic rings. The molecule has 0 heterocycles. The van der Waals surface area contributed by atoms with Crippen LogP contribution < -0.4 is 14.8 Å². The Hall–Kier alpha value is -3.37. The summed E-state index contributed by atoms with van der Waals surface area (Å²) < 4.78 is 54.1. The van der Waals surface area contributed by atoms with Crippen molar-refractivity contribution in [2.24, 2.45) is 5.73 Å². The van der Waals surface area contributed by atoms with Crippen LogP contribution in [-0.2, 0) is 20.0 Å². The second-order valence-corrected chi connectivity index (χ2v) is 10.4. The molecule has 0 saturated carbocycles. The van der Waals surface area contributed by atoms with Crippen LogP contribution in [0.4, 0.5) is 16.2 Å². The number of nitrogens with zero attached hydrogens (tertiary/aromatic N) is 1. The van der Waals surface area contributed by atoms with Crippen LogP contribution in [0.5, 0.6) is 0 Å². The Morgan fingerprint density at radius 2 is 1.32 bits per heavy atom. The summed E-state index contributed by atoms with van der Waals surface area (Å²) in [6.45, 7) is 3.63. The lowest BCUT2D eigenvalue weighted by atomic mass is 10.2.